The van der Waals surface area contributed by atoms with Crippen molar-refractivity contribution in [3.8, 4) is 11.5 Å². The number of nitrogens with zero attached hydrogens (tertiary/aromatic N) is 1. The number of ether oxygens (including phenoxy) is 2. The Bertz CT molecular complexity index is 708. The second-order valence-electron chi connectivity index (χ2n) is 6.18. The van der Waals surface area contributed by atoms with E-state index in [2.05, 4.69) is 28.5 Å². The Morgan fingerprint density at radius 1 is 1.20 bits per heavy atom. The molecule has 0 amide bonds. The predicted molar refractivity (Wildman–Crippen MR) is 97.6 cm³/mol. The molecule has 1 saturated heterocycles. The third-order valence-electron chi connectivity index (χ3n) is 4.78. The number of carboxylic acid groups (broad SMARTS) is 1. The number of carboxylic acids is 1. The monoisotopic (exact) mass is 361 g/mol. The molecule has 1 aromatic carbocycles. The quantitative estimate of drug-likeness (QED) is 0.851. The van der Waals surface area contributed by atoms with Gasteiger partial charge in [0.15, 0.2) is 11.5 Å². The van der Waals surface area contributed by atoms with Gasteiger partial charge in [0.1, 0.15) is 0 Å². The van der Waals surface area contributed by atoms with Gasteiger partial charge in [-0.15, -0.1) is 11.3 Å². The maximum Gasteiger partial charge on any atom is 0.306 e. The highest BCUT2D eigenvalue weighted by atomic mass is 32.1. The van der Waals surface area contributed by atoms with E-state index < -0.39 is 5.97 Å². The summed E-state index contributed by atoms with van der Waals surface area (Å²) in [4.78, 5) is 14.9. The lowest BCUT2D eigenvalue weighted by Gasteiger charge is -2.36. The van der Waals surface area contributed by atoms with E-state index in [9.17, 15) is 9.90 Å². The highest BCUT2D eigenvalue weighted by Gasteiger charge is 2.31. The number of aliphatic carboxylic acids is 1. The SMILES string of the molecule is COc1ccc(C(c2cccs2)N2CCC(C(=O)O)CC2)cc1OC. The number of hydrogen-bond acceptors (Lipinski definition) is 5. The van der Waals surface area contributed by atoms with E-state index in [1.165, 1.54) is 4.88 Å². The van der Waals surface area contributed by atoms with Crippen molar-refractivity contribution in [2.75, 3.05) is 27.3 Å². The van der Waals surface area contributed by atoms with Crippen molar-refractivity contribution in [1.82, 2.24) is 4.90 Å². The van der Waals surface area contributed by atoms with Crippen molar-refractivity contribution in [2.24, 2.45) is 5.92 Å². The Hall–Kier alpha value is -2.05. The van der Waals surface area contributed by atoms with Gasteiger partial charge in [-0.3, -0.25) is 9.69 Å². The zero-order chi connectivity index (χ0) is 17.8. The second-order valence-corrected chi connectivity index (χ2v) is 7.16. The molecule has 0 radical (unpaired) electrons. The Labute approximate surface area is 151 Å². The van der Waals surface area contributed by atoms with Crippen LogP contribution in [-0.2, 0) is 4.79 Å². The maximum absolute atomic E-state index is 11.2. The summed E-state index contributed by atoms with van der Waals surface area (Å²) in [6.45, 7) is 1.54. The maximum atomic E-state index is 11.2. The lowest BCUT2D eigenvalue weighted by Crippen LogP contribution is -2.39. The summed E-state index contributed by atoms with van der Waals surface area (Å²) in [7, 11) is 3.27. The number of rotatable bonds is 6. The van der Waals surface area contributed by atoms with Crippen molar-refractivity contribution in [3.63, 3.8) is 0 Å². The molecule has 0 spiro atoms. The average Bonchev–Trinajstić information content (AvgIpc) is 3.16. The number of piperidine rings is 1. The van der Waals surface area contributed by atoms with Gasteiger partial charge in [-0.05, 0) is 55.1 Å². The van der Waals surface area contributed by atoms with Gasteiger partial charge in [-0.25, -0.2) is 0 Å². The van der Waals surface area contributed by atoms with E-state index >= 15 is 0 Å². The third-order valence-corrected chi connectivity index (χ3v) is 5.70. The first-order chi connectivity index (χ1) is 12.1. The number of likely N-dealkylation sites (tertiary alicyclic amines) is 1. The molecule has 6 heteroatoms. The zero-order valence-corrected chi connectivity index (χ0v) is 15.3. The van der Waals surface area contributed by atoms with Crippen LogP contribution in [0.1, 0.15) is 29.3 Å². The molecule has 25 heavy (non-hydrogen) atoms. The van der Waals surface area contributed by atoms with E-state index in [4.69, 9.17) is 9.47 Å². The first-order valence-corrected chi connectivity index (χ1v) is 9.24. The van der Waals surface area contributed by atoms with Crippen molar-refractivity contribution in [1.29, 1.82) is 0 Å². The van der Waals surface area contributed by atoms with E-state index in [-0.39, 0.29) is 12.0 Å². The summed E-state index contributed by atoms with van der Waals surface area (Å²) < 4.78 is 10.8. The number of methoxy groups -OCH3 is 2. The highest BCUT2D eigenvalue weighted by Crippen LogP contribution is 2.38. The van der Waals surface area contributed by atoms with Gasteiger partial charge in [0.05, 0.1) is 26.2 Å². The van der Waals surface area contributed by atoms with Crippen LogP contribution in [0.3, 0.4) is 0 Å². The van der Waals surface area contributed by atoms with Gasteiger partial charge in [0, 0.05) is 4.88 Å². The van der Waals surface area contributed by atoms with Crippen LogP contribution < -0.4 is 9.47 Å². The molecule has 3 rings (SSSR count). The highest BCUT2D eigenvalue weighted by molar-refractivity contribution is 7.10. The van der Waals surface area contributed by atoms with Crippen LogP contribution in [0.4, 0.5) is 0 Å². The second kappa shape index (κ2) is 7.89. The van der Waals surface area contributed by atoms with Gasteiger partial charge in [0.25, 0.3) is 0 Å². The van der Waals surface area contributed by atoms with E-state index in [1.807, 2.05) is 12.1 Å². The first kappa shape index (κ1) is 17.8. The Kier molecular flexibility index (Phi) is 5.60. The number of carbonyl (C=O) groups is 1. The minimum Gasteiger partial charge on any atom is -0.493 e. The molecule has 1 fully saturated rings. The molecule has 1 aliphatic rings. The van der Waals surface area contributed by atoms with Crippen LogP contribution >= 0.6 is 11.3 Å². The lowest BCUT2D eigenvalue weighted by atomic mass is 9.93. The zero-order valence-electron chi connectivity index (χ0n) is 14.5. The third kappa shape index (κ3) is 3.80. The average molecular weight is 361 g/mol. The van der Waals surface area contributed by atoms with Gasteiger partial charge in [-0.2, -0.15) is 0 Å². The van der Waals surface area contributed by atoms with Crippen molar-refractivity contribution >= 4 is 17.3 Å². The van der Waals surface area contributed by atoms with E-state index in [0.717, 1.165) is 18.7 Å². The van der Waals surface area contributed by atoms with E-state index in [0.29, 0.717) is 24.3 Å². The van der Waals surface area contributed by atoms with Crippen LogP contribution in [0.15, 0.2) is 35.7 Å². The summed E-state index contributed by atoms with van der Waals surface area (Å²) in [5, 5.41) is 11.3. The molecule has 134 valence electrons. The molecule has 1 aromatic heterocycles. The standard InChI is InChI=1S/C19H23NO4S/c1-23-15-6-5-14(12-16(15)24-2)18(17-4-3-11-25-17)20-9-7-13(8-10-20)19(21)22/h3-6,11-13,18H,7-10H2,1-2H3,(H,21,22). The Balaban J connectivity index is 1.90. The number of hydrogen-bond donors (Lipinski definition) is 1. The van der Waals surface area contributed by atoms with Crippen LogP contribution in [-0.4, -0.2) is 43.3 Å². The topological polar surface area (TPSA) is 59.0 Å². The minimum atomic E-state index is -0.682. The molecule has 2 heterocycles. The lowest BCUT2D eigenvalue weighted by molar-refractivity contribution is -0.143. The predicted octanol–water partition coefficient (Wildman–Crippen LogP) is 3.65. The fourth-order valence-electron chi connectivity index (χ4n) is 3.43. The molecule has 0 saturated carbocycles. The number of thiophene rings is 1. The Morgan fingerprint density at radius 2 is 1.92 bits per heavy atom. The molecule has 1 aliphatic heterocycles. The molecule has 2 aromatic rings. The van der Waals surface area contributed by atoms with Crippen molar-refractivity contribution in [3.05, 3.63) is 46.2 Å². The summed E-state index contributed by atoms with van der Waals surface area (Å²) >= 11 is 1.72. The molecule has 1 unspecified atom stereocenters. The summed E-state index contributed by atoms with van der Waals surface area (Å²) in [6.07, 6.45) is 1.37. The first-order valence-electron chi connectivity index (χ1n) is 8.36. The molecule has 0 aliphatic carbocycles. The smallest absolute Gasteiger partial charge is 0.306 e. The van der Waals surface area contributed by atoms with Crippen LogP contribution in [0.2, 0.25) is 0 Å². The molecular formula is C19H23NO4S. The number of benzene rings is 1. The summed E-state index contributed by atoms with van der Waals surface area (Å²) in [5.41, 5.74) is 1.13. The van der Waals surface area contributed by atoms with E-state index in [1.54, 1.807) is 25.6 Å². The molecule has 5 nitrogen and oxygen atoms in total. The minimum absolute atomic E-state index is 0.106. The van der Waals surface area contributed by atoms with Crippen molar-refractivity contribution < 1.29 is 19.4 Å². The normalized spacial score (nSPS) is 17.2. The summed E-state index contributed by atoms with van der Waals surface area (Å²) in [5.74, 6) is 0.506. The van der Waals surface area contributed by atoms with Gasteiger partial charge in [-0.1, -0.05) is 12.1 Å². The summed E-state index contributed by atoms with van der Waals surface area (Å²) in [6, 6.07) is 10.3. The van der Waals surface area contributed by atoms with Crippen LogP contribution in [0, 0.1) is 5.92 Å². The fourth-order valence-corrected chi connectivity index (χ4v) is 4.31. The largest absolute Gasteiger partial charge is 0.493 e. The molecule has 1 N–H and O–H groups in total. The molecular weight excluding hydrogens is 338 g/mol. The van der Waals surface area contributed by atoms with Gasteiger partial charge < -0.3 is 14.6 Å². The van der Waals surface area contributed by atoms with Gasteiger partial charge in [0.2, 0.25) is 0 Å². The van der Waals surface area contributed by atoms with Gasteiger partial charge >= 0.3 is 5.97 Å². The van der Waals surface area contributed by atoms with Crippen LogP contribution in [0.25, 0.3) is 0 Å². The fraction of sp³-hybridized carbons (Fsp3) is 0.421. The van der Waals surface area contributed by atoms with Crippen LogP contribution in [0.5, 0.6) is 11.5 Å². The van der Waals surface area contributed by atoms with Crippen molar-refractivity contribution in [2.45, 2.75) is 18.9 Å². The molecule has 0 bridgehead atoms. The molecule has 1 atom stereocenters. The Morgan fingerprint density at radius 3 is 2.48 bits per heavy atom.